The first-order valence-corrected chi connectivity index (χ1v) is 4.36. The molecule has 0 heterocycles. The van der Waals surface area contributed by atoms with E-state index < -0.39 is 16.9 Å². The van der Waals surface area contributed by atoms with E-state index >= 15 is 0 Å². The number of carbonyl (C=O) groups is 2. The molecule has 1 aromatic carbocycles. The van der Waals surface area contributed by atoms with Crippen molar-refractivity contribution in [2.75, 3.05) is 0 Å². The number of nitro benzene ring substituents is 1. The van der Waals surface area contributed by atoms with Crippen molar-refractivity contribution in [3.8, 4) is 5.75 Å². The number of nitrogens with zero attached hydrogens (tertiary/aromatic N) is 1. The van der Waals surface area contributed by atoms with Gasteiger partial charge < -0.3 is 16.0 Å². The number of carbonyl (C=O) groups excluding carboxylic acids is 1. The van der Waals surface area contributed by atoms with Gasteiger partial charge in [-0.1, -0.05) is 0 Å². The molecule has 0 aromatic heterocycles. The third-order valence-electron chi connectivity index (χ3n) is 1.63. The molecule has 0 saturated carbocycles. The molecule has 0 aliphatic rings. The normalized spacial score (nSPS) is 9.56. The Morgan fingerprint density at radius 1 is 1.22 bits per heavy atom. The Morgan fingerprint density at radius 3 is 2.22 bits per heavy atom. The summed E-state index contributed by atoms with van der Waals surface area (Å²) in [5.74, 6) is -2.05. The first-order chi connectivity index (χ1) is 7.99. The second-order valence-corrected chi connectivity index (χ2v) is 2.84. The monoisotopic (exact) mass is 254 g/mol. The van der Waals surface area contributed by atoms with Crippen LogP contribution in [0.25, 0.3) is 0 Å². The fraction of sp³-hybridized carbons (Fsp3) is 0. The van der Waals surface area contributed by atoms with Crippen LogP contribution in [0.2, 0.25) is 0 Å². The Morgan fingerprint density at radius 2 is 1.78 bits per heavy atom. The minimum Gasteiger partial charge on any atom is -0.478 e. The van der Waals surface area contributed by atoms with Crippen LogP contribution in [0.1, 0.15) is 0 Å². The molecule has 18 heavy (non-hydrogen) atoms. The highest BCUT2D eigenvalue weighted by molar-refractivity contribution is 5.91. The highest BCUT2D eigenvalue weighted by Crippen LogP contribution is 2.17. The molecule has 8 nitrogen and oxygen atoms in total. The highest BCUT2D eigenvalue weighted by atomic mass is 16.6. The maximum Gasteiger partial charge on any atom is 0.336 e. The van der Waals surface area contributed by atoms with Gasteiger partial charge in [-0.25, -0.2) is 9.59 Å². The molecule has 0 spiro atoms. The predicted molar refractivity (Wildman–Crippen MR) is 60.5 cm³/mol. The maximum absolute atomic E-state index is 11.0. The molecule has 1 rings (SSSR count). The van der Waals surface area contributed by atoms with Gasteiger partial charge in [0, 0.05) is 24.3 Å². The lowest BCUT2D eigenvalue weighted by Gasteiger charge is -1.99. The van der Waals surface area contributed by atoms with Gasteiger partial charge in [-0.3, -0.25) is 10.1 Å². The summed E-state index contributed by atoms with van der Waals surface area (Å²) in [6.07, 6.45) is 1.37. The number of benzene rings is 1. The second-order valence-electron chi connectivity index (χ2n) is 2.84. The van der Waals surface area contributed by atoms with Crippen molar-refractivity contribution >= 4 is 17.6 Å². The zero-order chi connectivity index (χ0) is 12.8. The predicted octanol–water partition coefficient (Wildman–Crippen LogP) is 1.30. The van der Waals surface area contributed by atoms with Crippen LogP contribution in [0.15, 0.2) is 36.4 Å². The number of rotatable bonds is 4. The van der Waals surface area contributed by atoms with Crippen LogP contribution < -0.4 is 10.9 Å². The molecular weight excluding hydrogens is 244 g/mol. The topological polar surface area (TPSA) is 142 Å². The highest BCUT2D eigenvalue weighted by Gasteiger charge is 2.06. The average Bonchev–Trinajstić information content (AvgIpc) is 2.27. The number of ether oxygens (including phenoxy) is 1. The standard InChI is InChI=1S/C10H7NO6.H3N/c12-9(13)5-6-10(14)17-8-3-1-7(2-4-8)11(15)16;/h1-6H,(H,12,13);1H3/b6-5-;. The number of hydrogen-bond donors (Lipinski definition) is 2. The van der Waals surface area contributed by atoms with Crippen molar-refractivity contribution in [1.29, 1.82) is 0 Å². The summed E-state index contributed by atoms with van der Waals surface area (Å²) in [6.45, 7) is 0. The van der Waals surface area contributed by atoms with Crippen molar-refractivity contribution in [2.24, 2.45) is 0 Å². The van der Waals surface area contributed by atoms with E-state index in [0.717, 1.165) is 6.08 Å². The van der Waals surface area contributed by atoms with Gasteiger partial charge in [0.25, 0.3) is 5.69 Å². The molecule has 0 fully saturated rings. The molecular formula is C10H10N2O6. The van der Waals surface area contributed by atoms with Gasteiger partial charge in [0.05, 0.1) is 4.92 Å². The fourth-order valence-electron chi connectivity index (χ4n) is 0.925. The zero-order valence-electron chi connectivity index (χ0n) is 9.11. The third kappa shape index (κ3) is 4.86. The van der Waals surface area contributed by atoms with E-state index in [2.05, 4.69) is 4.74 Å². The maximum atomic E-state index is 11.0. The van der Waals surface area contributed by atoms with Crippen molar-refractivity contribution in [3.05, 3.63) is 46.5 Å². The lowest BCUT2D eigenvalue weighted by Crippen LogP contribution is -2.04. The third-order valence-corrected chi connectivity index (χ3v) is 1.63. The number of nitro groups is 1. The molecule has 0 radical (unpaired) electrons. The minimum absolute atomic E-state index is 0. The van der Waals surface area contributed by atoms with Gasteiger partial charge in [0.1, 0.15) is 5.75 Å². The Hall–Kier alpha value is -2.74. The summed E-state index contributed by atoms with van der Waals surface area (Å²) in [4.78, 5) is 30.9. The fourth-order valence-corrected chi connectivity index (χ4v) is 0.925. The molecule has 0 aliphatic carbocycles. The number of aliphatic carboxylic acids is 1. The second kappa shape index (κ2) is 6.76. The van der Waals surface area contributed by atoms with E-state index in [9.17, 15) is 19.7 Å². The van der Waals surface area contributed by atoms with E-state index in [-0.39, 0.29) is 17.6 Å². The van der Waals surface area contributed by atoms with Gasteiger partial charge in [0.2, 0.25) is 0 Å². The number of esters is 1. The number of hydrogen-bond acceptors (Lipinski definition) is 6. The molecule has 0 atom stereocenters. The largest absolute Gasteiger partial charge is 0.478 e. The van der Waals surface area contributed by atoms with Crippen molar-refractivity contribution in [1.82, 2.24) is 6.15 Å². The van der Waals surface area contributed by atoms with Crippen LogP contribution in [0, 0.1) is 10.1 Å². The van der Waals surface area contributed by atoms with Gasteiger partial charge in [0.15, 0.2) is 0 Å². The number of carboxylic acid groups (broad SMARTS) is 1. The van der Waals surface area contributed by atoms with E-state index in [1.54, 1.807) is 0 Å². The zero-order valence-corrected chi connectivity index (χ0v) is 9.11. The number of non-ortho nitro benzene ring substituents is 1. The first-order valence-electron chi connectivity index (χ1n) is 4.36. The molecule has 0 unspecified atom stereocenters. The lowest BCUT2D eigenvalue weighted by atomic mass is 10.3. The summed E-state index contributed by atoms with van der Waals surface area (Å²) in [7, 11) is 0. The molecule has 96 valence electrons. The summed E-state index contributed by atoms with van der Waals surface area (Å²) in [5, 5.41) is 18.6. The molecule has 1 aromatic rings. The van der Waals surface area contributed by atoms with Crippen LogP contribution in [-0.2, 0) is 9.59 Å². The van der Waals surface area contributed by atoms with Crippen molar-refractivity contribution in [3.63, 3.8) is 0 Å². The first kappa shape index (κ1) is 15.3. The van der Waals surface area contributed by atoms with Crippen LogP contribution in [0.5, 0.6) is 5.75 Å². The smallest absolute Gasteiger partial charge is 0.336 e. The minimum atomic E-state index is -1.27. The van der Waals surface area contributed by atoms with Crippen LogP contribution in [0.3, 0.4) is 0 Å². The lowest BCUT2D eigenvalue weighted by molar-refractivity contribution is -0.384. The van der Waals surface area contributed by atoms with Crippen LogP contribution in [-0.4, -0.2) is 22.0 Å². The van der Waals surface area contributed by atoms with Gasteiger partial charge in [-0.2, -0.15) is 0 Å². The summed E-state index contributed by atoms with van der Waals surface area (Å²) < 4.78 is 4.69. The molecule has 0 aliphatic heterocycles. The summed E-state index contributed by atoms with van der Waals surface area (Å²) >= 11 is 0. The van der Waals surface area contributed by atoms with Crippen LogP contribution in [0.4, 0.5) is 5.69 Å². The SMILES string of the molecule is N.O=C(O)/C=C\C(=O)Oc1ccc([N+](=O)[O-])cc1. The van der Waals surface area contributed by atoms with Gasteiger partial charge in [-0.15, -0.1) is 0 Å². The Balaban J connectivity index is 0.00000289. The Bertz CT molecular complexity index is 480. The van der Waals surface area contributed by atoms with E-state index in [0.29, 0.717) is 6.08 Å². The molecule has 4 N–H and O–H groups in total. The molecule has 8 heteroatoms. The quantitative estimate of drug-likeness (QED) is 0.271. The van der Waals surface area contributed by atoms with E-state index in [4.69, 9.17) is 5.11 Å². The van der Waals surface area contributed by atoms with Gasteiger partial charge in [-0.05, 0) is 12.1 Å². The van der Waals surface area contributed by atoms with Crippen molar-refractivity contribution < 1.29 is 24.4 Å². The van der Waals surface area contributed by atoms with Crippen molar-refractivity contribution in [2.45, 2.75) is 0 Å². The molecule has 0 saturated heterocycles. The van der Waals surface area contributed by atoms with Crippen LogP contribution >= 0.6 is 0 Å². The number of carboxylic acids is 1. The molecule has 0 amide bonds. The average molecular weight is 254 g/mol. The Labute approximate surface area is 101 Å². The summed E-state index contributed by atoms with van der Waals surface area (Å²) in [5.41, 5.74) is -0.133. The summed E-state index contributed by atoms with van der Waals surface area (Å²) in [6, 6.07) is 4.82. The van der Waals surface area contributed by atoms with E-state index in [1.165, 1.54) is 24.3 Å². The van der Waals surface area contributed by atoms with Gasteiger partial charge >= 0.3 is 11.9 Å². The Kier molecular flexibility index (Phi) is 5.73. The van der Waals surface area contributed by atoms with E-state index in [1.807, 2.05) is 0 Å². The molecule has 0 bridgehead atoms.